The van der Waals surface area contributed by atoms with E-state index in [0.29, 0.717) is 18.7 Å². The Balaban J connectivity index is 1.53. The molecule has 6 heteroatoms. The molecule has 2 heterocycles. The van der Waals surface area contributed by atoms with E-state index in [1.54, 1.807) is 18.5 Å². The maximum absolute atomic E-state index is 12.5. The number of H-pyrrole nitrogens is 1. The smallest absolute Gasteiger partial charge is 0.251 e. The minimum Gasteiger partial charge on any atom is -0.494 e. The molecule has 134 valence electrons. The van der Waals surface area contributed by atoms with Crippen molar-refractivity contribution in [1.82, 2.24) is 15.3 Å². The Hall–Kier alpha value is -3.02. The summed E-state index contributed by atoms with van der Waals surface area (Å²) < 4.78 is 11.6. The monoisotopic (exact) mass is 351 g/mol. The molecule has 0 radical (unpaired) electrons. The van der Waals surface area contributed by atoms with Crippen LogP contribution in [-0.2, 0) is 13.0 Å². The summed E-state index contributed by atoms with van der Waals surface area (Å²) in [6.45, 7) is 4.95. The molecule has 0 aliphatic carbocycles. The molecule has 0 bridgehead atoms. The number of aromatic amines is 1. The van der Waals surface area contributed by atoms with Gasteiger partial charge < -0.3 is 19.8 Å². The molecule has 0 saturated heterocycles. The van der Waals surface area contributed by atoms with E-state index in [4.69, 9.17) is 9.47 Å². The van der Waals surface area contributed by atoms with Crippen LogP contribution >= 0.6 is 0 Å². The summed E-state index contributed by atoms with van der Waals surface area (Å²) in [6.07, 6.45) is 2.67. The minimum atomic E-state index is -0.140. The first-order valence-corrected chi connectivity index (χ1v) is 8.80. The Labute approximate surface area is 151 Å². The second-order valence-electron chi connectivity index (χ2n) is 6.45. The summed E-state index contributed by atoms with van der Waals surface area (Å²) in [5.74, 6) is 1.54. The highest BCUT2D eigenvalue weighted by atomic mass is 16.5. The van der Waals surface area contributed by atoms with Gasteiger partial charge in [-0.3, -0.25) is 4.79 Å². The third-order valence-corrected chi connectivity index (χ3v) is 4.50. The fourth-order valence-corrected chi connectivity index (χ4v) is 3.26. The zero-order valence-corrected chi connectivity index (χ0v) is 14.8. The van der Waals surface area contributed by atoms with Gasteiger partial charge in [0.25, 0.3) is 5.91 Å². The van der Waals surface area contributed by atoms with Crippen molar-refractivity contribution < 1.29 is 14.3 Å². The standard InChI is InChI=1S/C20H21N3O3/c1-3-25-18-8-14-6-12(2)26-19(14)9-15(18)10-21-20(24)13-4-5-16-17(7-13)23-11-22-16/h4-5,7-9,11-12H,3,6,10H2,1-2H3,(H,21,24)(H,22,23)/t12-/m1/s1. The molecule has 26 heavy (non-hydrogen) atoms. The number of nitrogens with one attached hydrogen (secondary N) is 2. The van der Waals surface area contributed by atoms with E-state index in [1.807, 2.05) is 32.0 Å². The Morgan fingerprint density at radius 2 is 2.27 bits per heavy atom. The summed E-state index contributed by atoms with van der Waals surface area (Å²) in [5.41, 5.74) is 4.33. The second kappa shape index (κ2) is 6.71. The summed E-state index contributed by atoms with van der Waals surface area (Å²) in [4.78, 5) is 19.7. The van der Waals surface area contributed by atoms with Crippen molar-refractivity contribution in [3.05, 3.63) is 53.3 Å². The number of ether oxygens (including phenoxy) is 2. The summed E-state index contributed by atoms with van der Waals surface area (Å²) in [5, 5.41) is 2.96. The summed E-state index contributed by atoms with van der Waals surface area (Å²) in [7, 11) is 0. The van der Waals surface area contributed by atoms with Crippen molar-refractivity contribution in [1.29, 1.82) is 0 Å². The molecule has 3 aromatic rings. The maximum atomic E-state index is 12.5. The number of hydrogen-bond donors (Lipinski definition) is 2. The molecule has 6 nitrogen and oxygen atoms in total. The first-order valence-electron chi connectivity index (χ1n) is 8.80. The predicted molar refractivity (Wildman–Crippen MR) is 98.7 cm³/mol. The second-order valence-corrected chi connectivity index (χ2v) is 6.45. The number of benzene rings is 2. The van der Waals surface area contributed by atoms with Crippen molar-refractivity contribution in [2.24, 2.45) is 0 Å². The van der Waals surface area contributed by atoms with Gasteiger partial charge >= 0.3 is 0 Å². The van der Waals surface area contributed by atoms with Crippen molar-refractivity contribution in [2.45, 2.75) is 32.9 Å². The highest BCUT2D eigenvalue weighted by Crippen LogP contribution is 2.35. The Morgan fingerprint density at radius 3 is 3.12 bits per heavy atom. The van der Waals surface area contributed by atoms with Gasteiger partial charge in [0.15, 0.2) is 0 Å². The molecule has 0 saturated carbocycles. The van der Waals surface area contributed by atoms with Crippen LogP contribution in [0.1, 0.15) is 35.3 Å². The molecule has 1 aliphatic rings. The van der Waals surface area contributed by atoms with Crippen LogP contribution in [0.3, 0.4) is 0 Å². The van der Waals surface area contributed by atoms with Gasteiger partial charge in [-0.25, -0.2) is 4.98 Å². The molecule has 0 unspecified atom stereocenters. The van der Waals surface area contributed by atoms with Crippen molar-refractivity contribution in [3.63, 3.8) is 0 Å². The van der Waals surface area contributed by atoms with Crippen molar-refractivity contribution >= 4 is 16.9 Å². The van der Waals surface area contributed by atoms with Gasteiger partial charge in [-0.1, -0.05) is 0 Å². The van der Waals surface area contributed by atoms with Gasteiger partial charge in [0, 0.05) is 29.7 Å². The highest BCUT2D eigenvalue weighted by molar-refractivity contribution is 5.97. The molecule has 1 aliphatic heterocycles. The largest absolute Gasteiger partial charge is 0.494 e. The summed E-state index contributed by atoms with van der Waals surface area (Å²) >= 11 is 0. The molecule has 1 aromatic heterocycles. The van der Waals surface area contributed by atoms with E-state index < -0.39 is 0 Å². The van der Waals surface area contributed by atoms with E-state index >= 15 is 0 Å². The quantitative estimate of drug-likeness (QED) is 0.740. The van der Waals surface area contributed by atoms with Gasteiger partial charge in [-0.15, -0.1) is 0 Å². The molecule has 1 atom stereocenters. The number of hydrogen-bond acceptors (Lipinski definition) is 4. The van der Waals surface area contributed by atoms with Gasteiger partial charge in [-0.05, 0) is 44.2 Å². The summed E-state index contributed by atoms with van der Waals surface area (Å²) in [6, 6.07) is 9.41. The topological polar surface area (TPSA) is 76.2 Å². The Morgan fingerprint density at radius 1 is 1.38 bits per heavy atom. The average Bonchev–Trinajstić information content (AvgIpc) is 3.23. The van der Waals surface area contributed by atoms with Crippen LogP contribution in [0.4, 0.5) is 0 Å². The van der Waals surface area contributed by atoms with Gasteiger partial charge in [0.2, 0.25) is 0 Å². The van der Waals surface area contributed by atoms with E-state index in [0.717, 1.165) is 40.1 Å². The fourth-order valence-electron chi connectivity index (χ4n) is 3.26. The molecule has 1 amide bonds. The first kappa shape index (κ1) is 16.4. The Bertz CT molecular complexity index is 964. The molecule has 0 fully saturated rings. The predicted octanol–water partition coefficient (Wildman–Crippen LogP) is 3.22. The third kappa shape index (κ3) is 3.10. The number of imidazole rings is 1. The normalized spacial score (nSPS) is 15.5. The van der Waals surface area contributed by atoms with Gasteiger partial charge in [-0.2, -0.15) is 0 Å². The molecular weight excluding hydrogens is 330 g/mol. The Kier molecular flexibility index (Phi) is 4.24. The molecule has 2 aromatic carbocycles. The van der Waals surface area contributed by atoms with Crippen LogP contribution in [0.25, 0.3) is 11.0 Å². The van der Waals surface area contributed by atoms with Crippen LogP contribution < -0.4 is 14.8 Å². The van der Waals surface area contributed by atoms with E-state index in [-0.39, 0.29) is 12.0 Å². The lowest BCUT2D eigenvalue weighted by Crippen LogP contribution is -2.23. The highest BCUT2D eigenvalue weighted by Gasteiger charge is 2.22. The fraction of sp³-hybridized carbons (Fsp3) is 0.300. The number of amides is 1. The average molecular weight is 351 g/mol. The van der Waals surface area contributed by atoms with E-state index in [9.17, 15) is 4.79 Å². The number of aromatic nitrogens is 2. The lowest BCUT2D eigenvalue weighted by Gasteiger charge is -2.13. The molecule has 0 spiro atoms. The molecule has 4 rings (SSSR count). The number of fused-ring (bicyclic) bond motifs is 2. The van der Waals surface area contributed by atoms with Crippen LogP contribution in [-0.4, -0.2) is 28.6 Å². The third-order valence-electron chi connectivity index (χ3n) is 4.50. The SMILES string of the molecule is CCOc1cc2c(cc1CNC(=O)c1ccc3nc[nH]c3c1)O[C@H](C)C2. The number of carbonyl (C=O) groups excluding carboxylic acids is 1. The van der Waals surface area contributed by atoms with Crippen LogP contribution in [0, 0.1) is 0 Å². The minimum absolute atomic E-state index is 0.140. The van der Waals surface area contributed by atoms with Gasteiger partial charge in [0.1, 0.15) is 17.6 Å². The van der Waals surface area contributed by atoms with Crippen molar-refractivity contribution in [3.8, 4) is 11.5 Å². The molecular formula is C20H21N3O3. The number of carbonyl (C=O) groups is 1. The van der Waals surface area contributed by atoms with Gasteiger partial charge in [0.05, 0.1) is 24.0 Å². The lowest BCUT2D eigenvalue weighted by molar-refractivity contribution is 0.0950. The first-order chi connectivity index (χ1) is 12.6. The van der Waals surface area contributed by atoms with Crippen LogP contribution in [0.2, 0.25) is 0 Å². The van der Waals surface area contributed by atoms with E-state index in [1.165, 1.54) is 0 Å². The number of rotatable bonds is 5. The zero-order valence-electron chi connectivity index (χ0n) is 14.8. The zero-order chi connectivity index (χ0) is 18.1. The van der Waals surface area contributed by atoms with Crippen LogP contribution in [0.15, 0.2) is 36.7 Å². The lowest BCUT2D eigenvalue weighted by atomic mass is 10.1. The maximum Gasteiger partial charge on any atom is 0.251 e. The number of nitrogens with zero attached hydrogens (tertiary/aromatic N) is 1. The van der Waals surface area contributed by atoms with Crippen LogP contribution in [0.5, 0.6) is 11.5 Å². The van der Waals surface area contributed by atoms with Crippen molar-refractivity contribution in [2.75, 3.05) is 6.61 Å². The molecule has 2 N–H and O–H groups in total. The van der Waals surface area contributed by atoms with E-state index in [2.05, 4.69) is 15.3 Å².